The Hall–Kier alpha value is -0.570. The molecule has 2 aliphatic carbocycles. The van der Waals surface area contributed by atoms with Crippen LogP contribution in [-0.2, 0) is 4.79 Å². The summed E-state index contributed by atoms with van der Waals surface area (Å²) in [5.41, 5.74) is 5.95. The second-order valence-electron chi connectivity index (χ2n) is 6.61. The number of hydrogen-bond acceptors (Lipinski definition) is 2. The van der Waals surface area contributed by atoms with E-state index in [0.29, 0.717) is 6.54 Å². The van der Waals surface area contributed by atoms with E-state index in [2.05, 4.69) is 19.2 Å². The van der Waals surface area contributed by atoms with Crippen LogP contribution in [0, 0.1) is 11.3 Å². The van der Waals surface area contributed by atoms with Crippen LogP contribution in [0.1, 0.15) is 58.8 Å². The minimum absolute atomic E-state index is 0.0875. The normalized spacial score (nSPS) is 30.4. The Morgan fingerprint density at radius 2 is 1.88 bits per heavy atom. The van der Waals surface area contributed by atoms with Crippen LogP contribution in [0.2, 0.25) is 0 Å². The fourth-order valence-electron chi connectivity index (χ4n) is 3.59. The molecule has 0 aromatic rings. The lowest BCUT2D eigenvalue weighted by Crippen LogP contribution is -2.54. The lowest BCUT2D eigenvalue weighted by atomic mass is 9.80. The highest BCUT2D eigenvalue weighted by atomic mass is 16.2. The van der Waals surface area contributed by atoms with Gasteiger partial charge in [0.1, 0.15) is 0 Å². The molecule has 3 heteroatoms. The summed E-state index contributed by atoms with van der Waals surface area (Å²) in [6.07, 6.45) is 7.91. The molecule has 1 atom stereocenters. The summed E-state index contributed by atoms with van der Waals surface area (Å²) in [4.78, 5) is 12.4. The summed E-state index contributed by atoms with van der Waals surface area (Å²) < 4.78 is 0. The minimum atomic E-state index is -0.0875. The van der Waals surface area contributed by atoms with Crippen molar-refractivity contribution >= 4 is 5.91 Å². The van der Waals surface area contributed by atoms with E-state index in [-0.39, 0.29) is 22.8 Å². The van der Waals surface area contributed by atoms with Gasteiger partial charge in [-0.3, -0.25) is 4.79 Å². The van der Waals surface area contributed by atoms with E-state index in [1.807, 2.05) is 0 Å². The maximum atomic E-state index is 12.4. The van der Waals surface area contributed by atoms with Crippen molar-refractivity contribution in [1.29, 1.82) is 0 Å². The number of amides is 1. The van der Waals surface area contributed by atoms with Crippen LogP contribution < -0.4 is 11.1 Å². The average Bonchev–Trinajstić information content (AvgIpc) is 2.85. The Labute approximate surface area is 105 Å². The topological polar surface area (TPSA) is 55.1 Å². The fraction of sp³-hybridized carbons (Fsp3) is 0.929. The third-order valence-electron chi connectivity index (χ3n) is 4.91. The Morgan fingerprint density at radius 3 is 2.35 bits per heavy atom. The number of hydrogen-bond donors (Lipinski definition) is 2. The van der Waals surface area contributed by atoms with E-state index in [1.165, 1.54) is 25.7 Å². The highest BCUT2D eigenvalue weighted by molar-refractivity contribution is 5.80. The second kappa shape index (κ2) is 4.60. The van der Waals surface area contributed by atoms with Crippen LogP contribution in [0.5, 0.6) is 0 Å². The Balaban J connectivity index is 2.01. The van der Waals surface area contributed by atoms with Gasteiger partial charge in [0.25, 0.3) is 0 Å². The summed E-state index contributed by atoms with van der Waals surface area (Å²) in [7, 11) is 0. The van der Waals surface area contributed by atoms with Crippen molar-refractivity contribution in [3.63, 3.8) is 0 Å². The zero-order chi connectivity index (χ0) is 12.5. The molecule has 2 aliphatic rings. The van der Waals surface area contributed by atoms with Gasteiger partial charge >= 0.3 is 0 Å². The van der Waals surface area contributed by atoms with E-state index in [9.17, 15) is 4.79 Å². The van der Waals surface area contributed by atoms with Gasteiger partial charge in [0, 0.05) is 12.5 Å². The number of nitrogens with two attached hydrogens (primary N) is 1. The van der Waals surface area contributed by atoms with Gasteiger partial charge < -0.3 is 11.1 Å². The standard InChI is InChI=1S/C14H26N2O/c1-13(2)7-5-6-11(13)12(17)16-14(10-15)8-3-4-9-14/h11H,3-10,15H2,1-2H3,(H,16,17). The molecule has 0 aliphatic heterocycles. The first-order valence-corrected chi connectivity index (χ1v) is 7.01. The van der Waals surface area contributed by atoms with Crippen LogP contribution in [0.25, 0.3) is 0 Å². The highest BCUT2D eigenvalue weighted by Gasteiger charge is 2.42. The van der Waals surface area contributed by atoms with Gasteiger partial charge in [-0.15, -0.1) is 0 Å². The molecule has 0 bridgehead atoms. The van der Waals surface area contributed by atoms with Gasteiger partial charge in [0.15, 0.2) is 0 Å². The second-order valence-corrected chi connectivity index (χ2v) is 6.61. The van der Waals surface area contributed by atoms with Crippen molar-refractivity contribution in [2.75, 3.05) is 6.54 Å². The molecule has 2 saturated carbocycles. The van der Waals surface area contributed by atoms with Gasteiger partial charge in [-0.05, 0) is 31.1 Å². The van der Waals surface area contributed by atoms with Gasteiger partial charge in [-0.1, -0.05) is 33.1 Å². The van der Waals surface area contributed by atoms with Crippen LogP contribution in [0.15, 0.2) is 0 Å². The van der Waals surface area contributed by atoms with Crippen LogP contribution >= 0.6 is 0 Å². The van der Waals surface area contributed by atoms with Gasteiger partial charge in [-0.25, -0.2) is 0 Å². The smallest absolute Gasteiger partial charge is 0.224 e. The fourth-order valence-corrected chi connectivity index (χ4v) is 3.59. The molecule has 1 unspecified atom stereocenters. The number of carbonyl (C=O) groups excluding carboxylic acids is 1. The first-order chi connectivity index (χ1) is 7.99. The molecule has 0 aromatic heterocycles. The zero-order valence-electron chi connectivity index (χ0n) is 11.2. The third kappa shape index (κ3) is 2.49. The molecule has 0 aromatic carbocycles. The molecule has 0 heterocycles. The number of nitrogens with one attached hydrogen (secondary N) is 1. The molecule has 2 rings (SSSR count). The molecule has 3 N–H and O–H groups in total. The Morgan fingerprint density at radius 1 is 1.24 bits per heavy atom. The monoisotopic (exact) mass is 238 g/mol. The van der Waals surface area contributed by atoms with Crippen molar-refractivity contribution in [2.45, 2.75) is 64.3 Å². The molecule has 0 saturated heterocycles. The van der Waals surface area contributed by atoms with E-state index in [1.54, 1.807) is 0 Å². The largest absolute Gasteiger partial charge is 0.349 e. The van der Waals surface area contributed by atoms with Gasteiger partial charge in [0.05, 0.1) is 5.54 Å². The predicted molar refractivity (Wildman–Crippen MR) is 69.5 cm³/mol. The van der Waals surface area contributed by atoms with Gasteiger partial charge in [0.2, 0.25) is 5.91 Å². The number of carbonyl (C=O) groups is 1. The lowest BCUT2D eigenvalue weighted by Gasteiger charge is -2.33. The van der Waals surface area contributed by atoms with Crippen LogP contribution in [0.4, 0.5) is 0 Å². The molecule has 0 radical (unpaired) electrons. The molecule has 17 heavy (non-hydrogen) atoms. The van der Waals surface area contributed by atoms with Crippen molar-refractivity contribution < 1.29 is 4.79 Å². The first kappa shape index (κ1) is 12.9. The van der Waals surface area contributed by atoms with E-state index >= 15 is 0 Å². The summed E-state index contributed by atoms with van der Waals surface area (Å²) in [5.74, 6) is 0.436. The summed E-state index contributed by atoms with van der Waals surface area (Å²) in [5, 5.41) is 3.28. The molecule has 2 fully saturated rings. The third-order valence-corrected chi connectivity index (χ3v) is 4.91. The predicted octanol–water partition coefficient (Wildman–Crippen LogP) is 2.20. The SMILES string of the molecule is CC1(C)CCCC1C(=O)NC1(CN)CCCC1. The van der Waals surface area contributed by atoms with E-state index in [4.69, 9.17) is 5.73 Å². The Bertz CT molecular complexity index is 293. The average molecular weight is 238 g/mol. The van der Waals surface area contributed by atoms with Crippen molar-refractivity contribution in [2.24, 2.45) is 17.1 Å². The summed E-state index contributed by atoms with van der Waals surface area (Å²) in [6.45, 7) is 5.02. The van der Waals surface area contributed by atoms with Crippen LogP contribution in [0.3, 0.4) is 0 Å². The van der Waals surface area contributed by atoms with Crippen molar-refractivity contribution in [3.05, 3.63) is 0 Å². The van der Waals surface area contributed by atoms with Crippen LogP contribution in [-0.4, -0.2) is 18.0 Å². The minimum Gasteiger partial charge on any atom is -0.349 e. The molecule has 1 amide bonds. The first-order valence-electron chi connectivity index (χ1n) is 7.01. The lowest BCUT2D eigenvalue weighted by molar-refractivity contribution is -0.129. The summed E-state index contributed by atoms with van der Waals surface area (Å²) >= 11 is 0. The molecular weight excluding hydrogens is 212 g/mol. The molecular formula is C14H26N2O. The van der Waals surface area contributed by atoms with Crippen molar-refractivity contribution in [1.82, 2.24) is 5.32 Å². The molecule has 98 valence electrons. The molecule has 3 nitrogen and oxygen atoms in total. The van der Waals surface area contributed by atoms with E-state index in [0.717, 1.165) is 19.3 Å². The van der Waals surface area contributed by atoms with Gasteiger partial charge in [-0.2, -0.15) is 0 Å². The van der Waals surface area contributed by atoms with E-state index < -0.39 is 0 Å². The quantitative estimate of drug-likeness (QED) is 0.792. The highest BCUT2D eigenvalue weighted by Crippen LogP contribution is 2.43. The Kier molecular flexibility index (Phi) is 3.48. The summed E-state index contributed by atoms with van der Waals surface area (Å²) in [6, 6.07) is 0. The molecule has 0 spiro atoms. The maximum Gasteiger partial charge on any atom is 0.224 e. The van der Waals surface area contributed by atoms with Crippen molar-refractivity contribution in [3.8, 4) is 0 Å². The number of rotatable bonds is 3. The maximum absolute atomic E-state index is 12.4. The zero-order valence-corrected chi connectivity index (χ0v) is 11.2.